The van der Waals surface area contributed by atoms with Gasteiger partial charge in [0, 0.05) is 24.3 Å². The van der Waals surface area contributed by atoms with E-state index in [1.807, 2.05) is 17.0 Å². The summed E-state index contributed by atoms with van der Waals surface area (Å²) in [6, 6.07) is 8.18. The fraction of sp³-hybridized carbons (Fsp3) is 0.353. The second kappa shape index (κ2) is 5.75. The molecule has 0 saturated heterocycles. The molecule has 2 heterocycles. The first kappa shape index (κ1) is 14.5. The highest BCUT2D eigenvalue weighted by Crippen LogP contribution is 2.19. The number of hydrogen-bond donors (Lipinski definition) is 1. The van der Waals surface area contributed by atoms with Crippen LogP contribution >= 0.6 is 0 Å². The monoisotopic (exact) mass is 297 g/mol. The summed E-state index contributed by atoms with van der Waals surface area (Å²) < 4.78 is 0. The maximum atomic E-state index is 12.5. The van der Waals surface area contributed by atoms with Gasteiger partial charge in [0.1, 0.15) is 5.82 Å². The number of carbonyl (C=O) groups excluding carboxylic acids is 1. The van der Waals surface area contributed by atoms with Gasteiger partial charge < -0.3 is 9.88 Å². The zero-order chi connectivity index (χ0) is 15.7. The number of carbonyl (C=O) groups is 1. The van der Waals surface area contributed by atoms with E-state index in [1.165, 1.54) is 11.1 Å². The Labute approximate surface area is 129 Å². The van der Waals surface area contributed by atoms with Gasteiger partial charge in [-0.3, -0.25) is 9.59 Å². The number of amides is 1. The van der Waals surface area contributed by atoms with Gasteiger partial charge in [0.2, 0.25) is 5.91 Å². The Balaban J connectivity index is 1.78. The summed E-state index contributed by atoms with van der Waals surface area (Å²) >= 11 is 0. The summed E-state index contributed by atoms with van der Waals surface area (Å²) in [5.41, 5.74) is 3.38. The molecule has 0 aliphatic carbocycles. The van der Waals surface area contributed by atoms with Gasteiger partial charge in [-0.15, -0.1) is 0 Å². The predicted octanol–water partition coefficient (Wildman–Crippen LogP) is 1.51. The van der Waals surface area contributed by atoms with E-state index >= 15 is 0 Å². The summed E-state index contributed by atoms with van der Waals surface area (Å²) in [6.45, 7) is 4.83. The minimum Gasteiger partial charge on any atom is -0.338 e. The van der Waals surface area contributed by atoms with Gasteiger partial charge in [-0.2, -0.15) is 0 Å². The van der Waals surface area contributed by atoms with E-state index in [9.17, 15) is 9.59 Å². The molecule has 0 fully saturated rings. The molecular formula is C17H19N3O2. The third-order valence-electron chi connectivity index (χ3n) is 4.15. The molecule has 0 unspecified atom stereocenters. The first-order valence-electron chi connectivity index (χ1n) is 7.45. The largest absolute Gasteiger partial charge is 0.338 e. The van der Waals surface area contributed by atoms with Crippen molar-refractivity contribution in [3.8, 4) is 0 Å². The van der Waals surface area contributed by atoms with Crippen LogP contribution in [0.3, 0.4) is 0 Å². The van der Waals surface area contributed by atoms with Crippen molar-refractivity contribution in [2.24, 2.45) is 0 Å². The van der Waals surface area contributed by atoms with Gasteiger partial charge >= 0.3 is 0 Å². The van der Waals surface area contributed by atoms with Crippen molar-refractivity contribution >= 4 is 5.91 Å². The highest BCUT2D eigenvalue weighted by Gasteiger charge is 2.22. The maximum absolute atomic E-state index is 12.5. The number of benzene rings is 1. The van der Waals surface area contributed by atoms with Crippen molar-refractivity contribution in [2.45, 2.75) is 33.2 Å². The minimum atomic E-state index is -0.212. The van der Waals surface area contributed by atoms with Crippen LogP contribution in [0.4, 0.5) is 0 Å². The van der Waals surface area contributed by atoms with Gasteiger partial charge in [-0.25, -0.2) is 4.98 Å². The Kier molecular flexibility index (Phi) is 3.79. The molecule has 1 aliphatic heterocycles. The van der Waals surface area contributed by atoms with Crippen molar-refractivity contribution in [1.82, 2.24) is 14.9 Å². The van der Waals surface area contributed by atoms with Gasteiger partial charge in [-0.1, -0.05) is 24.3 Å². The Bertz CT molecular complexity index is 780. The molecule has 5 nitrogen and oxygen atoms in total. The fourth-order valence-electron chi connectivity index (χ4n) is 2.93. The van der Waals surface area contributed by atoms with Crippen molar-refractivity contribution in [3.63, 3.8) is 0 Å². The second-order valence-electron chi connectivity index (χ2n) is 5.73. The highest BCUT2D eigenvalue weighted by atomic mass is 16.2. The van der Waals surface area contributed by atoms with Crippen molar-refractivity contribution < 1.29 is 4.79 Å². The van der Waals surface area contributed by atoms with Gasteiger partial charge in [0.15, 0.2) is 0 Å². The van der Waals surface area contributed by atoms with Crippen LogP contribution in [0.1, 0.15) is 28.2 Å². The van der Waals surface area contributed by atoms with Crippen LogP contribution in [0.15, 0.2) is 29.1 Å². The van der Waals surface area contributed by atoms with E-state index in [0.29, 0.717) is 30.2 Å². The number of hydrogen-bond acceptors (Lipinski definition) is 3. The minimum absolute atomic E-state index is 0.0197. The molecule has 1 aromatic carbocycles. The Morgan fingerprint density at radius 2 is 2.00 bits per heavy atom. The molecule has 0 radical (unpaired) electrons. The third-order valence-corrected chi connectivity index (χ3v) is 4.15. The lowest BCUT2D eigenvalue weighted by Crippen LogP contribution is -2.38. The van der Waals surface area contributed by atoms with E-state index in [1.54, 1.807) is 13.8 Å². The molecule has 22 heavy (non-hydrogen) atoms. The zero-order valence-corrected chi connectivity index (χ0v) is 12.8. The first-order chi connectivity index (χ1) is 10.5. The number of aryl methyl sites for hydroxylation is 2. The van der Waals surface area contributed by atoms with E-state index in [4.69, 9.17) is 0 Å². The lowest BCUT2D eigenvalue weighted by atomic mass is 9.99. The van der Waals surface area contributed by atoms with Crippen LogP contribution in [0, 0.1) is 13.8 Å². The van der Waals surface area contributed by atoms with Crippen molar-refractivity contribution in [3.05, 3.63) is 62.8 Å². The van der Waals surface area contributed by atoms with E-state index in [-0.39, 0.29) is 17.9 Å². The molecule has 0 bridgehead atoms. The topological polar surface area (TPSA) is 66.1 Å². The quantitative estimate of drug-likeness (QED) is 0.914. The summed E-state index contributed by atoms with van der Waals surface area (Å²) in [5.74, 6) is 0.555. The average Bonchev–Trinajstić information content (AvgIpc) is 2.50. The van der Waals surface area contributed by atoms with Gasteiger partial charge in [0.25, 0.3) is 5.56 Å². The molecule has 114 valence electrons. The van der Waals surface area contributed by atoms with Gasteiger partial charge in [-0.05, 0) is 31.4 Å². The fourth-order valence-corrected chi connectivity index (χ4v) is 2.93. The lowest BCUT2D eigenvalue weighted by molar-refractivity contribution is -0.131. The number of fused-ring (bicyclic) bond motifs is 1. The van der Waals surface area contributed by atoms with E-state index < -0.39 is 0 Å². The van der Waals surface area contributed by atoms with Crippen LogP contribution in [0.5, 0.6) is 0 Å². The highest BCUT2D eigenvalue weighted by molar-refractivity contribution is 5.79. The zero-order valence-electron chi connectivity index (χ0n) is 12.8. The summed E-state index contributed by atoms with van der Waals surface area (Å²) in [6.07, 6.45) is 0.972. The molecule has 1 aromatic heterocycles. The normalized spacial score (nSPS) is 13.8. The van der Waals surface area contributed by atoms with Crippen LogP contribution < -0.4 is 5.56 Å². The first-order valence-corrected chi connectivity index (χ1v) is 7.45. The Morgan fingerprint density at radius 3 is 2.73 bits per heavy atom. The lowest BCUT2D eigenvalue weighted by Gasteiger charge is -2.29. The number of aromatic nitrogens is 2. The van der Waals surface area contributed by atoms with E-state index in [0.717, 1.165) is 6.42 Å². The smallest absolute Gasteiger partial charge is 0.254 e. The molecule has 0 saturated carbocycles. The van der Waals surface area contributed by atoms with Crippen molar-refractivity contribution in [1.29, 1.82) is 0 Å². The molecule has 3 rings (SSSR count). The number of nitrogens with zero attached hydrogens (tertiary/aromatic N) is 2. The Hall–Kier alpha value is -2.43. The maximum Gasteiger partial charge on any atom is 0.254 e. The van der Waals surface area contributed by atoms with Crippen molar-refractivity contribution in [2.75, 3.05) is 6.54 Å². The summed E-state index contributed by atoms with van der Waals surface area (Å²) in [4.78, 5) is 33.3. The number of H-pyrrole nitrogens is 1. The number of rotatable bonds is 2. The molecule has 1 amide bonds. The Morgan fingerprint density at radius 1 is 1.27 bits per heavy atom. The molecule has 1 N–H and O–H groups in total. The number of nitrogens with one attached hydrogen (secondary N) is 1. The summed E-state index contributed by atoms with van der Waals surface area (Å²) in [5, 5.41) is 0. The van der Waals surface area contributed by atoms with Crippen LogP contribution in [0.2, 0.25) is 0 Å². The molecule has 0 spiro atoms. The van der Waals surface area contributed by atoms with Crippen LogP contribution in [-0.2, 0) is 24.2 Å². The molecule has 1 aliphatic rings. The van der Waals surface area contributed by atoms with Gasteiger partial charge in [0.05, 0.1) is 6.42 Å². The van der Waals surface area contributed by atoms with Crippen LogP contribution in [-0.4, -0.2) is 27.3 Å². The molecular weight excluding hydrogens is 278 g/mol. The average molecular weight is 297 g/mol. The molecule has 5 heteroatoms. The van der Waals surface area contributed by atoms with E-state index in [2.05, 4.69) is 22.1 Å². The molecule has 2 aromatic rings. The van der Waals surface area contributed by atoms with Crippen LogP contribution in [0.25, 0.3) is 0 Å². The third kappa shape index (κ3) is 2.79. The summed E-state index contributed by atoms with van der Waals surface area (Å²) in [7, 11) is 0. The SMILES string of the molecule is Cc1nc(C)c(CC(=O)N2CCc3ccccc3C2)c(=O)[nH]1. The standard InChI is InChI=1S/C17H19N3O2/c1-11-15(17(22)19-12(2)18-11)9-16(21)20-8-7-13-5-3-4-6-14(13)10-20/h3-6H,7-10H2,1-2H3,(H,18,19,22). The molecule has 0 atom stereocenters. The second-order valence-corrected chi connectivity index (χ2v) is 5.73. The number of aromatic amines is 1. The predicted molar refractivity (Wildman–Crippen MR) is 83.6 cm³/mol.